The molecule has 5 heteroatoms. The van der Waals surface area contributed by atoms with E-state index in [9.17, 15) is 9.59 Å². The van der Waals surface area contributed by atoms with Gasteiger partial charge in [0, 0.05) is 6.42 Å². The first kappa shape index (κ1) is 15.5. The number of fused-ring (bicyclic) bond motifs is 1. The molecule has 1 aliphatic carbocycles. The molecule has 3 aliphatic rings. The Hall–Kier alpha value is -2.04. The molecule has 0 radical (unpaired) electrons. The van der Waals surface area contributed by atoms with Crippen LogP contribution in [-0.4, -0.2) is 24.1 Å². The van der Waals surface area contributed by atoms with E-state index in [2.05, 4.69) is 0 Å². The largest absolute Gasteiger partial charge is 0.458 e. The molecule has 0 bridgehead atoms. The van der Waals surface area contributed by atoms with E-state index < -0.39 is 5.60 Å². The summed E-state index contributed by atoms with van der Waals surface area (Å²) < 4.78 is 16.6. The minimum Gasteiger partial charge on any atom is -0.458 e. The SMILES string of the molecule is O=C1CC(=O)OC(CCc2ccc3c(c2)OCO3)(C2CCCC2)C1. The van der Waals surface area contributed by atoms with E-state index in [1.165, 1.54) is 0 Å². The van der Waals surface area contributed by atoms with Crippen LogP contribution in [0.3, 0.4) is 0 Å². The quantitative estimate of drug-likeness (QED) is 0.627. The van der Waals surface area contributed by atoms with E-state index in [4.69, 9.17) is 14.2 Å². The fraction of sp³-hybridized carbons (Fsp3) is 0.579. The van der Waals surface area contributed by atoms with Crippen molar-refractivity contribution < 1.29 is 23.8 Å². The lowest BCUT2D eigenvalue weighted by Crippen LogP contribution is -2.48. The molecule has 1 unspecified atom stereocenters. The smallest absolute Gasteiger partial charge is 0.313 e. The van der Waals surface area contributed by atoms with Gasteiger partial charge < -0.3 is 14.2 Å². The van der Waals surface area contributed by atoms with Crippen LogP contribution in [0, 0.1) is 5.92 Å². The molecule has 0 N–H and O–H groups in total. The maximum Gasteiger partial charge on any atom is 0.313 e. The second kappa shape index (κ2) is 6.11. The highest BCUT2D eigenvalue weighted by molar-refractivity contribution is 5.98. The Morgan fingerprint density at radius 2 is 1.88 bits per heavy atom. The van der Waals surface area contributed by atoms with Crippen LogP contribution in [0.1, 0.15) is 50.5 Å². The Morgan fingerprint density at radius 3 is 2.67 bits per heavy atom. The van der Waals surface area contributed by atoms with Gasteiger partial charge in [-0.2, -0.15) is 0 Å². The lowest BCUT2D eigenvalue weighted by atomic mass is 9.76. The van der Waals surface area contributed by atoms with Gasteiger partial charge in [0.05, 0.1) is 0 Å². The average molecular weight is 330 g/mol. The number of esters is 1. The highest BCUT2D eigenvalue weighted by atomic mass is 16.7. The van der Waals surface area contributed by atoms with Crippen LogP contribution >= 0.6 is 0 Å². The van der Waals surface area contributed by atoms with Gasteiger partial charge in [-0.3, -0.25) is 9.59 Å². The second-order valence-electron chi connectivity index (χ2n) is 7.10. The van der Waals surface area contributed by atoms with Gasteiger partial charge >= 0.3 is 5.97 Å². The van der Waals surface area contributed by atoms with Gasteiger partial charge in [0.15, 0.2) is 11.5 Å². The van der Waals surface area contributed by atoms with E-state index >= 15 is 0 Å². The van der Waals surface area contributed by atoms with Gasteiger partial charge in [-0.1, -0.05) is 18.9 Å². The van der Waals surface area contributed by atoms with Crippen molar-refractivity contribution in [3.63, 3.8) is 0 Å². The van der Waals surface area contributed by atoms with E-state index in [0.29, 0.717) is 18.8 Å². The normalized spacial score (nSPS) is 26.7. The molecule has 24 heavy (non-hydrogen) atoms. The van der Waals surface area contributed by atoms with E-state index in [0.717, 1.165) is 49.2 Å². The van der Waals surface area contributed by atoms with Crippen molar-refractivity contribution in [2.45, 2.75) is 57.0 Å². The van der Waals surface area contributed by atoms with Crippen molar-refractivity contribution in [2.24, 2.45) is 5.92 Å². The molecular weight excluding hydrogens is 308 g/mol. The van der Waals surface area contributed by atoms with Gasteiger partial charge in [-0.15, -0.1) is 0 Å². The average Bonchev–Trinajstić information content (AvgIpc) is 3.23. The molecule has 1 saturated carbocycles. The number of benzene rings is 1. The third kappa shape index (κ3) is 2.87. The van der Waals surface area contributed by atoms with Crippen LogP contribution in [0.5, 0.6) is 11.5 Å². The lowest BCUT2D eigenvalue weighted by Gasteiger charge is -2.41. The number of aryl methyl sites for hydroxylation is 1. The molecule has 2 fully saturated rings. The molecule has 1 saturated heterocycles. The minimum absolute atomic E-state index is 0.0174. The first-order valence-corrected chi connectivity index (χ1v) is 8.77. The van der Waals surface area contributed by atoms with Crippen molar-refractivity contribution in [1.82, 2.24) is 0 Å². The number of carbonyl (C=O) groups is 2. The van der Waals surface area contributed by atoms with Crippen LogP contribution in [0.15, 0.2) is 18.2 Å². The Kier molecular flexibility index (Phi) is 3.94. The van der Waals surface area contributed by atoms with Crippen LogP contribution < -0.4 is 9.47 Å². The summed E-state index contributed by atoms with van der Waals surface area (Å²) in [5, 5.41) is 0. The Bertz CT molecular complexity index is 644. The van der Waals surface area contributed by atoms with Crippen LogP contribution in [0.25, 0.3) is 0 Å². The second-order valence-corrected chi connectivity index (χ2v) is 7.10. The third-order valence-electron chi connectivity index (χ3n) is 5.53. The van der Waals surface area contributed by atoms with Crippen molar-refractivity contribution in [3.8, 4) is 11.5 Å². The molecule has 5 nitrogen and oxygen atoms in total. The number of ether oxygens (including phenoxy) is 3. The third-order valence-corrected chi connectivity index (χ3v) is 5.53. The molecule has 0 spiro atoms. The Labute approximate surface area is 141 Å². The van der Waals surface area contributed by atoms with Crippen molar-refractivity contribution in [1.29, 1.82) is 0 Å². The van der Waals surface area contributed by atoms with E-state index in [1.54, 1.807) is 0 Å². The van der Waals surface area contributed by atoms with Gasteiger partial charge in [-0.25, -0.2) is 0 Å². The number of hydrogen-bond acceptors (Lipinski definition) is 5. The Balaban J connectivity index is 1.53. The summed E-state index contributed by atoms with van der Waals surface area (Å²) in [6.45, 7) is 0.261. The molecule has 2 heterocycles. The number of ketones is 1. The van der Waals surface area contributed by atoms with Crippen molar-refractivity contribution in [3.05, 3.63) is 23.8 Å². The summed E-state index contributed by atoms with van der Waals surface area (Å²) in [6.07, 6.45) is 6.14. The summed E-state index contributed by atoms with van der Waals surface area (Å²) in [5.41, 5.74) is 0.505. The maximum absolute atomic E-state index is 12.1. The number of rotatable bonds is 4. The lowest BCUT2D eigenvalue weighted by molar-refractivity contribution is -0.178. The van der Waals surface area contributed by atoms with Crippen LogP contribution in [0.2, 0.25) is 0 Å². The molecule has 0 amide bonds. The molecule has 4 rings (SSSR count). The van der Waals surface area contributed by atoms with Crippen molar-refractivity contribution >= 4 is 11.8 Å². The van der Waals surface area contributed by atoms with E-state index in [-0.39, 0.29) is 25.0 Å². The summed E-state index contributed by atoms with van der Waals surface area (Å²) >= 11 is 0. The molecule has 0 aromatic heterocycles. The number of cyclic esters (lactones) is 1. The zero-order chi connectivity index (χ0) is 16.6. The topological polar surface area (TPSA) is 61.8 Å². The van der Waals surface area contributed by atoms with Gasteiger partial charge in [-0.05, 0) is 49.3 Å². The van der Waals surface area contributed by atoms with Crippen molar-refractivity contribution in [2.75, 3.05) is 6.79 Å². The van der Waals surface area contributed by atoms with Gasteiger partial charge in [0.2, 0.25) is 6.79 Å². The van der Waals surface area contributed by atoms with E-state index in [1.807, 2.05) is 18.2 Å². The van der Waals surface area contributed by atoms with Crippen LogP contribution in [-0.2, 0) is 20.7 Å². The number of Topliss-reactive ketones (excluding diaryl/α,β-unsaturated/α-hetero) is 1. The summed E-state index contributed by atoms with van der Waals surface area (Å²) in [6, 6.07) is 5.91. The predicted molar refractivity (Wildman–Crippen MR) is 85.9 cm³/mol. The molecule has 1 aromatic carbocycles. The standard InChI is InChI=1S/C19H22O5/c20-15-10-18(21)24-19(11-15,14-3-1-2-4-14)8-7-13-5-6-16-17(9-13)23-12-22-16/h5-6,9,14H,1-4,7-8,10-12H2. The molecular formula is C19H22O5. The van der Waals surface area contributed by atoms with Gasteiger partial charge in [0.1, 0.15) is 17.8 Å². The highest BCUT2D eigenvalue weighted by Gasteiger charge is 2.47. The zero-order valence-corrected chi connectivity index (χ0v) is 13.7. The van der Waals surface area contributed by atoms with Gasteiger partial charge in [0.25, 0.3) is 0 Å². The maximum atomic E-state index is 12.1. The minimum atomic E-state index is -0.612. The molecule has 128 valence electrons. The van der Waals surface area contributed by atoms with Crippen LogP contribution in [0.4, 0.5) is 0 Å². The highest BCUT2D eigenvalue weighted by Crippen LogP contribution is 2.44. The molecule has 2 aliphatic heterocycles. The summed E-state index contributed by atoms with van der Waals surface area (Å²) in [7, 11) is 0. The predicted octanol–water partition coefficient (Wildman–Crippen LogP) is 3.18. The fourth-order valence-electron chi connectivity index (χ4n) is 4.33. The molecule has 1 aromatic rings. The first-order chi connectivity index (χ1) is 11.6. The summed E-state index contributed by atoms with van der Waals surface area (Å²) in [5.74, 6) is 1.50. The zero-order valence-electron chi connectivity index (χ0n) is 13.7. The summed E-state index contributed by atoms with van der Waals surface area (Å²) in [4.78, 5) is 24.0. The number of carbonyl (C=O) groups excluding carboxylic acids is 2. The monoisotopic (exact) mass is 330 g/mol. The fourth-order valence-corrected chi connectivity index (χ4v) is 4.33. The number of hydrogen-bond donors (Lipinski definition) is 0. The Morgan fingerprint density at radius 1 is 1.08 bits per heavy atom. The molecule has 1 atom stereocenters. The first-order valence-electron chi connectivity index (χ1n) is 8.77.